The SMILES string of the molecule is C=CC(=O)O.C=CC(=O)O.C=Cc1ccccc1C=C.CCCC. The average molecular weight is 332 g/mol. The molecule has 0 aliphatic carbocycles. The molecule has 0 spiro atoms. The van der Waals surface area contributed by atoms with Crippen molar-refractivity contribution in [3.8, 4) is 0 Å². The number of hydrogen-bond acceptors (Lipinski definition) is 2. The Morgan fingerprint density at radius 2 is 1.08 bits per heavy atom. The van der Waals surface area contributed by atoms with E-state index in [9.17, 15) is 9.59 Å². The maximum absolute atomic E-state index is 9.25. The van der Waals surface area contributed by atoms with E-state index in [4.69, 9.17) is 10.2 Å². The minimum absolute atomic E-state index is 0.833. The van der Waals surface area contributed by atoms with E-state index in [0.717, 1.165) is 23.3 Å². The van der Waals surface area contributed by atoms with Crippen molar-refractivity contribution >= 4 is 24.1 Å². The standard InChI is InChI=1S/C10H10.C4H10.2C3H4O2/c1-3-9-7-5-6-8-10(9)4-2;1-3-4-2;2*1-2-3(4)5/h3-8H,1-2H2;3-4H2,1-2H3;2*2H,1H2,(H,4,5). The van der Waals surface area contributed by atoms with E-state index in [1.165, 1.54) is 12.8 Å². The van der Waals surface area contributed by atoms with E-state index in [-0.39, 0.29) is 0 Å². The number of unbranched alkanes of at least 4 members (excludes halogenated alkanes) is 1. The summed E-state index contributed by atoms with van der Waals surface area (Å²) in [7, 11) is 0. The van der Waals surface area contributed by atoms with E-state index in [0.29, 0.717) is 0 Å². The Labute approximate surface area is 145 Å². The minimum Gasteiger partial charge on any atom is -0.478 e. The summed E-state index contributed by atoms with van der Waals surface area (Å²) in [5.41, 5.74) is 2.27. The van der Waals surface area contributed by atoms with Crippen molar-refractivity contribution in [1.82, 2.24) is 0 Å². The Bertz CT molecular complexity index is 469. The van der Waals surface area contributed by atoms with Crippen LogP contribution in [-0.4, -0.2) is 22.2 Å². The van der Waals surface area contributed by atoms with Gasteiger partial charge in [-0.2, -0.15) is 0 Å². The van der Waals surface area contributed by atoms with Gasteiger partial charge < -0.3 is 10.2 Å². The fourth-order valence-corrected chi connectivity index (χ4v) is 0.883. The van der Waals surface area contributed by atoms with Gasteiger partial charge in [-0.3, -0.25) is 0 Å². The van der Waals surface area contributed by atoms with Crippen molar-refractivity contribution in [1.29, 1.82) is 0 Å². The Hall–Kier alpha value is -2.88. The topological polar surface area (TPSA) is 74.6 Å². The normalized spacial score (nSPS) is 7.58. The lowest BCUT2D eigenvalue weighted by Gasteiger charge is -1.96. The zero-order chi connectivity index (χ0) is 19.4. The third-order valence-corrected chi connectivity index (χ3v) is 2.29. The van der Waals surface area contributed by atoms with Gasteiger partial charge in [0.05, 0.1) is 0 Å². The van der Waals surface area contributed by atoms with Crippen LogP contribution in [0.4, 0.5) is 0 Å². The highest BCUT2D eigenvalue weighted by Crippen LogP contribution is 2.10. The van der Waals surface area contributed by atoms with E-state index < -0.39 is 11.9 Å². The smallest absolute Gasteiger partial charge is 0.327 e. The van der Waals surface area contributed by atoms with Crippen LogP contribution in [0.1, 0.15) is 37.8 Å². The van der Waals surface area contributed by atoms with Crippen LogP contribution < -0.4 is 0 Å². The molecule has 1 rings (SSSR count). The number of rotatable bonds is 5. The van der Waals surface area contributed by atoms with Gasteiger partial charge in [0, 0.05) is 12.2 Å². The zero-order valence-corrected chi connectivity index (χ0v) is 14.6. The van der Waals surface area contributed by atoms with Crippen molar-refractivity contribution in [3.05, 3.63) is 73.9 Å². The molecule has 1 aromatic carbocycles. The van der Waals surface area contributed by atoms with Gasteiger partial charge in [0.25, 0.3) is 0 Å². The molecule has 2 N–H and O–H groups in total. The molecule has 0 atom stereocenters. The summed E-state index contributed by atoms with van der Waals surface area (Å²) in [4.78, 5) is 18.5. The third kappa shape index (κ3) is 21.4. The van der Waals surface area contributed by atoms with E-state index in [1.54, 1.807) is 0 Å². The Morgan fingerprint density at radius 1 is 0.833 bits per heavy atom. The molecule has 4 heteroatoms. The maximum atomic E-state index is 9.25. The van der Waals surface area contributed by atoms with Gasteiger partial charge in [0.15, 0.2) is 0 Å². The lowest BCUT2D eigenvalue weighted by atomic mass is 10.1. The summed E-state index contributed by atoms with van der Waals surface area (Å²) >= 11 is 0. The number of hydrogen-bond donors (Lipinski definition) is 2. The van der Waals surface area contributed by atoms with Gasteiger partial charge in [-0.05, 0) is 11.1 Å². The molecule has 0 bridgehead atoms. The van der Waals surface area contributed by atoms with Crippen LogP contribution in [0.5, 0.6) is 0 Å². The first-order valence-electron chi connectivity index (χ1n) is 7.38. The zero-order valence-electron chi connectivity index (χ0n) is 14.6. The maximum Gasteiger partial charge on any atom is 0.327 e. The van der Waals surface area contributed by atoms with Crippen LogP contribution in [0.25, 0.3) is 12.2 Å². The van der Waals surface area contributed by atoms with Crippen molar-refractivity contribution in [3.63, 3.8) is 0 Å². The molecule has 0 radical (unpaired) electrons. The summed E-state index contributed by atoms with van der Waals surface area (Å²) < 4.78 is 0. The van der Waals surface area contributed by atoms with Crippen molar-refractivity contribution in [2.75, 3.05) is 0 Å². The van der Waals surface area contributed by atoms with Gasteiger partial charge in [-0.15, -0.1) is 0 Å². The first-order valence-corrected chi connectivity index (χ1v) is 7.38. The highest BCUT2D eigenvalue weighted by molar-refractivity contribution is 5.79. The molecule has 0 saturated heterocycles. The summed E-state index contributed by atoms with van der Waals surface area (Å²) in [6, 6.07) is 8.02. The molecule has 1 aromatic rings. The molecule has 24 heavy (non-hydrogen) atoms. The highest BCUT2D eigenvalue weighted by Gasteiger charge is 1.89. The molecular weight excluding hydrogens is 304 g/mol. The molecule has 4 nitrogen and oxygen atoms in total. The molecule has 0 saturated carbocycles. The number of benzene rings is 1. The van der Waals surface area contributed by atoms with Crippen LogP contribution in [0.3, 0.4) is 0 Å². The third-order valence-electron chi connectivity index (χ3n) is 2.29. The van der Waals surface area contributed by atoms with E-state index in [1.807, 2.05) is 36.4 Å². The van der Waals surface area contributed by atoms with Crippen molar-refractivity contribution in [2.24, 2.45) is 0 Å². The molecule has 0 unspecified atom stereocenters. The molecule has 0 amide bonds. The predicted octanol–water partition coefficient (Wildman–Crippen LogP) is 5.29. The second-order valence-corrected chi connectivity index (χ2v) is 4.12. The first-order chi connectivity index (χ1) is 11.3. The molecule has 0 heterocycles. The number of carboxylic acid groups (broad SMARTS) is 2. The van der Waals surface area contributed by atoms with Gasteiger partial charge in [0.2, 0.25) is 0 Å². The van der Waals surface area contributed by atoms with Crippen LogP contribution in [0.2, 0.25) is 0 Å². The molecular formula is C20H28O4. The second-order valence-electron chi connectivity index (χ2n) is 4.12. The quantitative estimate of drug-likeness (QED) is 0.718. The fourth-order valence-electron chi connectivity index (χ4n) is 0.883. The molecule has 132 valence electrons. The van der Waals surface area contributed by atoms with Gasteiger partial charge in [0.1, 0.15) is 0 Å². The summed E-state index contributed by atoms with van der Waals surface area (Å²) in [5, 5.41) is 15.2. The lowest BCUT2D eigenvalue weighted by Crippen LogP contribution is -1.82. The number of carboxylic acids is 2. The van der Waals surface area contributed by atoms with E-state index in [2.05, 4.69) is 40.2 Å². The van der Waals surface area contributed by atoms with Crippen molar-refractivity contribution in [2.45, 2.75) is 26.7 Å². The summed E-state index contributed by atoms with van der Waals surface area (Å²) in [5.74, 6) is -1.96. The Balaban J connectivity index is -0.000000270. The minimum atomic E-state index is -0.981. The summed E-state index contributed by atoms with van der Waals surface area (Å²) in [6.07, 6.45) is 7.97. The fraction of sp³-hybridized carbons (Fsp3) is 0.200. The van der Waals surface area contributed by atoms with Gasteiger partial charge >= 0.3 is 11.9 Å². The van der Waals surface area contributed by atoms with Crippen LogP contribution in [0.15, 0.2) is 62.7 Å². The van der Waals surface area contributed by atoms with Crippen molar-refractivity contribution < 1.29 is 19.8 Å². The van der Waals surface area contributed by atoms with E-state index >= 15 is 0 Å². The molecule has 0 aromatic heterocycles. The van der Waals surface area contributed by atoms with Gasteiger partial charge in [-0.1, -0.05) is 89.4 Å². The lowest BCUT2D eigenvalue weighted by molar-refractivity contribution is -0.132. The number of carbonyl (C=O) groups is 2. The largest absolute Gasteiger partial charge is 0.478 e. The molecule has 0 fully saturated rings. The predicted molar refractivity (Wildman–Crippen MR) is 103 cm³/mol. The Kier molecular flexibility index (Phi) is 21.8. The van der Waals surface area contributed by atoms with Crippen LogP contribution >= 0.6 is 0 Å². The van der Waals surface area contributed by atoms with Crippen LogP contribution in [-0.2, 0) is 9.59 Å². The monoisotopic (exact) mass is 332 g/mol. The van der Waals surface area contributed by atoms with Crippen LogP contribution in [0, 0.1) is 0 Å². The molecule has 0 aliphatic heterocycles. The Morgan fingerprint density at radius 3 is 1.21 bits per heavy atom. The second kappa shape index (κ2) is 20.1. The first kappa shape index (κ1) is 26.0. The van der Waals surface area contributed by atoms with Gasteiger partial charge in [-0.25, -0.2) is 9.59 Å². The average Bonchev–Trinajstić information content (AvgIpc) is 2.62. The highest BCUT2D eigenvalue weighted by atomic mass is 16.4. The summed E-state index contributed by atoms with van der Waals surface area (Å²) in [6.45, 7) is 17.7. The number of aliphatic carboxylic acids is 2. The molecule has 0 aliphatic rings.